The minimum absolute atomic E-state index is 0.0543. The Morgan fingerprint density at radius 3 is 2.80 bits per heavy atom. The van der Waals surface area contributed by atoms with Crippen molar-refractivity contribution in [2.45, 2.75) is 13.5 Å². The van der Waals surface area contributed by atoms with E-state index in [1.165, 1.54) is 14.0 Å². The summed E-state index contributed by atoms with van der Waals surface area (Å²) in [4.78, 5) is 27.5. The van der Waals surface area contributed by atoms with Crippen molar-refractivity contribution in [1.82, 2.24) is 14.8 Å². The lowest BCUT2D eigenvalue weighted by Gasteiger charge is -1.98. The summed E-state index contributed by atoms with van der Waals surface area (Å²) in [5, 5.41) is 7.62. The van der Waals surface area contributed by atoms with Gasteiger partial charge in [0.1, 0.15) is 4.88 Å². The van der Waals surface area contributed by atoms with Gasteiger partial charge >= 0.3 is 5.97 Å². The van der Waals surface area contributed by atoms with Crippen molar-refractivity contribution in [2.24, 2.45) is 7.05 Å². The minimum atomic E-state index is -0.610. The van der Waals surface area contributed by atoms with Crippen LogP contribution in [0.15, 0.2) is 12.4 Å². The lowest BCUT2D eigenvalue weighted by molar-refractivity contribution is 0.0591. The summed E-state index contributed by atoms with van der Waals surface area (Å²) in [7, 11) is 3.09. The Morgan fingerprint density at radius 2 is 2.25 bits per heavy atom. The topological polar surface area (TPSA) is 86.1 Å². The van der Waals surface area contributed by atoms with Gasteiger partial charge in [-0.05, 0) is 0 Å². The molecule has 2 aromatic rings. The summed E-state index contributed by atoms with van der Waals surface area (Å²) in [6, 6.07) is 0. The van der Waals surface area contributed by atoms with Crippen molar-refractivity contribution >= 4 is 28.2 Å². The molecule has 0 aromatic carbocycles. The Labute approximate surface area is 119 Å². The molecule has 0 saturated heterocycles. The molecule has 0 fully saturated rings. The molecule has 0 radical (unpaired) electrons. The first-order valence-electron chi connectivity index (χ1n) is 5.82. The molecule has 0 aliphatic rings. The third-order valence-electron chi connectivity index (χ3n) is 2.53. The number of ether oxygens (including phenoxy) is 1. The molecule has 2 aromatic heterocycles. The number of methoxy groups -OCH3 is 1. The summed E-state index contributed by atoms with van der Waals surface area (Å²) in [5.74, 6) is -0.821. The quantitative estimate of drug-likeness (QED) is 0.664. The predicted octanol–water partition coefficient (Wildman–Crippen LogP) is 1.48. The fourth-order valence-electron chi connectivity index (χ4n) is 1.61. The zero-order valence-electron chi connectivity index (χ0n) is 11.3. The van der Waals surface area contributed by atoms with Crippen LogP contribution in [0.5, 0.6) is 0 Å². The Morgan fingerprint density at radius 1 is 1.50 bits per heavy atom. The Balaban J connectivity index is 2.16. The third-order valence-corrected chi connectivity index (χ3v) is 3.64. The second-order valence-corrected chi connectivity index (χ2v) is 5.12. The highest BCUT2D eigenvalue weighted by atomic mass is 32.1. The van der Waals surface area contributed by atoms with Crippen LogP contribution in [-0.4, -0.2) is 33.6 Å². The van der Waals surface area contributed by atoms with Crippen LogP contribution in [0.25, 0.3) is 0 Å². The van der Waals surface area contributed by atoms with E-state index in [1.807, 2.05) is 13.2 Å². The first kappa shape index (κ1) is 14.2. The van der Waals surface area contributed by atoms with E-state index in [1.54, 1.807) is 10.9 Å². The summed E-state index contributed by atoms with van der Waals surface area (Å²) in [6.45, 7) is 1.91. The second kappa shape index (κ2) is 5.83. The van der Waals surface area contributed by atoms with Gasteiger partial charge in [0.15, 0.2) is 16.6 Å². The number of ketones is 1. The number of Topliss-reactive ketones (excluding diaryl/α,β-unsaturated/α-hetero) is 1. The van der Waals surface area contributed by atoms with Crippen LogP contribution in [-0.2, 0) is 18.3 Å². The number of hydrogen-bond donors (Lipinski definition) is 1. The van der Waals surface area contributed by atoms with E-state index in [9.17, 15) is 9.59 Å². The van der Waals surface area contributed by atoms with Gasteiger partial charge in [-0.3, -0.25) is 9.48 Å². The number of carbonyl (C=O) groups excluding carboxylic acids is 2. The van der Waals surface area contributed by atoms with Crippen molar-refractivity contribution in [3.8, 4) is 0 Å². The Bertz CT molecular complexity index is 647. The van der Waals surface area contributed by atoms with Gasteiger partial charge in [0.05, 0.1) is 13.3 Å². The van der Waals surface area contributed by atoms with Crippen LogP contribution >= 0.6 is 11.3 Å². The fraction of sp³-hybridized carbons (Fsp3) is 0.333. The summed E-state index contributed by atoms with van der Waals surface area (Å²) in [6.07, 6.45) is 3.60. The molecule has 0 atom stereocenters. The first-order chi connectivity index (χ1) is 9.51. The van der Waals surface area contributed by atoms with Gasteiger partial charge < -0.3 is 10.1 Å². The maximum atomic E-state index is 11.6. The Kier molecular flexibility index (Phi) is 4.14. The highest BCUT2D eigenvalue weighted by Crippen LogP contribution is 2.24. The van der Waals surface area contributed by atoms with Crippen molar-refractivity contribution in [2.75, 3.05) is 12.4 Å². The molecule has 0 aliphatic heterocycles. The molecule has 106 valence electrons. The highest BCUT2D eigenvalue weighted by Gasteiger charge is 2.21. The number of aromatic nitrogens is 3. The van der Waals surface area contributed by atoms with E-state index in [2.05, 4.69) is 20.1 Å². The number of esters is 1. The highest BCUT2D eigenvalue weighted by molar-refractivity contribution is 7.17. The fourth-order valence-corrected chi connectivity index (χ4v) is 2.45. The molecule has 2 rings (SSSR count). The summed E-state index contributed by atoms with van der Waals surface area (Å²) in [5.41, 5.74) is 1.03. The van der Waals surface area contributed by atoms with Crippen LogP contribution in [0.1, 0.15) is 32.6 Å². The molecule has 0 amide bonds. The number of nitrogens with zero attached hydrogens (tertiary/aromatic N) is 3. The molecule has 2 heterocycles. The number of anilines is 1. The van der Waals surface area contributed by atoms with Gasteiger partial charge in [-0.15, -0.1) is 0 Å². The van der Waals surface area contributed by atoms with Gasteiger partial charge in [0.2, 0.25) is 0 Å². The van der Waals surface area contributed by atoms with Crippen LogP contribution in [0.4, 0.5) is 5.13 Å². The number of carbonyl (C=O) groups is 2. The first-order valence-corrected chi connectivity index (χ1v) is 6.64. The van der Waals surface area contributed by atoms with Gasteiger partial charge in [0.25, 0.3) is 0 Å². The summed E-state index contributed by atoms with van der Waals surface area (Å²) >= 11 is 1.14. The number of thiazole rings is 1. The van der Waals surface area contributed by atoms with Crippen LogP contribution < -0.4 is 5.32 Å². The van der Waals surface area contributed by atoms with Crippen molar-refractivity contribution in [3.05, 3.63) is 28.5 Å². The zero-order valence-corrected chi connectivity index (χ0v) is 12.2. The van der Waals surface area contributed by atoms with Crippen molar-refractivity contribution in [1.29, 1.82) is 0 Å². The van der Waals surface area contributed by atoms with Crippen LogP contribution in [0.3, 0.4) is 0 Å². The number of rotatable bonds is 5. The molecular weight excluding hydrogens is 280 g/mol. The molecule has 0 bridgehead atoms. The summed E-state index contributed by atoms with van der Waals surface area (Å²) < 4.78 is 6.31. The maximum Gasteiger partial charge on any atom is 0.358 e. The average Bonchev–Trinajstić information content (AvgIpc) is 3.01. The zero-order chi connectivity index (χ0) is 14.7. The van der Waals surface area contributed by atoms with Gasteiger partial charge in [-0.25, -0.2) is 9.78 Å². The van der Waals surface area contributed by atoms with E-state index >= 15 is 0 Å². The maximum absolute atomic E-state index is 11.6. The molecule has 8 heteroatoms. The molecule has 20 heavy (non-hydrogen) atoms. The molecule has 0 aliphatic carbocycles. The monoisotopic (exact) mass is 294 g/mol. The number of aryl methyl sites for hydroxylation is 1. The lowest BCUT2D eigenvalue weighted by Crippen LogP contribution is -2.07. The third kappa shape index (κ3) is 3.02. The number of hydrogen-bond acceptors (Lipinski definition) is 7. The molecule has 0 saturated carbocycles. The predicted molar refractivity (Wildman–Crippen MR) is 74.0 cm³/mol. The molecule has 1 N–H and O–H groups in total. The normalized spacial score (nSPS) is 10.3. The van der Waals surface area contributed by atoms with E-state index in [0.717, 1.165) is 16.9 Å². The standard InChI is InChI=1S/C12H14N4O3S/c1-7(17)10-9(11(18)19-3)15-12(20-10)13-4-8-5-14-16(2)6-8/h5-6H,4H2,1-3H3,(H,13,15). The second-order valence-electron chi connectivity index (χ2n) is 4.12. The largest absolute Gasteiger partial charge is 0.464 e. The lowest BCUT2D eigenvalue weighted by atomic mass is 10.3. The molecular formula is C12H14N4O3S. The van der Waals surface area contributed by atoms with E-state index in [4.69, 9.17) is 0 Å². The van der Waals surface area contributed by atoms with Gasteiger partial charge in [-0.2, -0.15) is 5.10 Å². The van der Waals surface area contributed by atoms with Crippen LogP contribution in [0, 0.1) is 0 Å². The molecule has 0 unspecified atom stereocenters. The van der Waals surface area contributed by atoms with E-state index in [-0.39, 0.29) is 11.5 Å². The smallest absolute Gasteiger partial charge is 0.358 e. The van der Waals surface area contributed by atoms with E-state index in [0.29, 0.717) is 16.6 Å². The van der Waals surface area contributed by atoms with E-state index < -0.39 is 5.97 Å². The SMILES string of the molecule is COC(=O)c1nc(NCc2cnn(C)c2)sc1C(C)=O. The molecule has 7 nitrogen and oxygen atoms in total. The van der Waals surface area contributed by atoms with Crippen LogP contribution in [0.2, 0.25) is 0 Å². The average molecular weight is 294 g/mol. The number of nitrogens with one attached hydrogen (secondary N) is 1. The minimum Gasteiger partial charge on any atom is -0.464 e. The van der Waals surface area contributed by atoms with Gasteiger partial charge in [-0.1, -0.05) is 11.3 Å². The Hall–Kier alpha value is -2.22. The van der Waals surface area contributed by atoms with Crippen molar-refractivity contribution in [3.63, 3.8) is 0 Å². The molecule has 0 spiro atoms. The van der Waals surface area contributed by atoms with Gasteiger partial charge in [0, 0.05) is 32.3 Å². The van der Waals surface area contributed by atoms with Crippen molar-refractivity contribution < 1.29 is 14.3 Å².